The molecule has 0 aliphatic carbocycles. The van der Waals surface area contributed by atoms with Crippen LogP contribution >= 0.6 is 11.6 Å². The van der Waals surface area contributed by atoms with Gasteiger partial charge in [0.1, 0.15) is 0 Å². The molecular weight excluding hydrogens is 176 g/mol. The molecule has 3 nitrogen and oxygen atoms in total. The van der Waals surface area contributed by atoms with Gasteiger partial charge in [-0.2, -0.15) is 0 Å². The highest BCUT2D eigenvalue weighted by Crippen LogP contribution is 2.02. The number of aromatic nitrogens is 2. The first-order valence-corrected chi connectivity index (χ1v) is 4.21. The fourth-order valence-electron chi connectivity index (χ4n) is 0.985. The van der Waals surface area contributed by atoms with Crippen LogP contribution in [0.2, 0.25) is 5.28 Å². The topological polar surface area (TPSA) is 45.8 Å². The van der Waals surface area contributed by atoms with Crippen LogP contribution in [-0.2, 0) is 6.42 Å². The van der Waals surface area contributed by atoms with E-state index in [9.17, 15) is 4.79 Å². The summed E-state index contributed by atoms with van der Waals surface area (Å²) in [6, 6.07) is 0. The first kappa shape index (κ1) is 9.26. The number of H-pyrrole nitrogens is 1. The molecule has 0 unspecified atom stereocenters. The van der Waals surface area contributed by atoms with Crippen molar-refractivity contribution in [2.24, 2.45) is 5.92 Å². The Balaban J connectivity index is 2.94. The number of aromatic amines is 1. The number of nitrogens with one attached hydrogen (secondary N) is 1. The Bertz CT molecular complexity index is 319. The molecule has 0 radical (unpaired) electrons. The van der Waals surface area contributed by atoms with E-state index in [-0.39, 0.29) is 10.8 Å². The first-order chi connectivity index (χ1) is 5.59. The molecule has 1 aromatic heterocycles. The van der Waals surface area contributed by atoms with Gasteiger partial charge in [0.2, 0.25) is 5.28 Å². The van der Waals surface area contributed by atoms with Crippen LogP contribution in [0.4, 0.5) is 0 Å². The summed E-state index contributed by atoms with van der Waals surface area (Å²) in [6.07, 6.45) is 2.26. The molecule has 0 aliphatic rings. The lowest BCUT2D eigenvalue weighted by Gasteiger charge is -2.02. The highest BCUT2D eigenvalue weighted by molar-refractivity contribution is 6.28. The summed E-state index contributed by atoms with van der Waals surface area (Å²) in [6.45, 7) is 4.10. The van der Waals surface area contributed by atoms with Crippen molar-refractivity contribution >= 4 is 11.6 Å². The van der Waals surface area contributed by atoms with Gasteiger partial charge in [0.05, 0.1) is 0 Å². The lowest BCUT2D eigenvalue weighted by molar-refractivity contribution is 0.640. The van der Waals surface area contributed by atoms with Crippen LogP contribution in [-0.4, -0.2) is 9.97 Å². The van der Waals surface area contributed by atoms with Crippen LogP contribution in [0.25, 0.3) is 0 Å². The molecule has 1 N–H and O–H groups in total. The van der Waals surface area contributed by atoms with Crippen LogP contribution in [0.15, 0.2) is 11.0 Å². The average Bonchev–Trinajstić information content (AvgIpc) is 1.94. The first-order valence-electron chi connectivity index (χ1n) is 3.83. The Kier molecular flexibility index (Phi) is 2.87. The molecule has 0 fully saturated rings. The maximum atomic E-state index is 11.2. The summed E-state index contributed by atoms with van der Waals surface area (Å²) >= 11 is 5.49. The normalized spacial score (nSPS) is 10.7. The van der Waals surface area contributed by atoms with E-state index in [2.05, 4.69) is 9.97 Å². The Morgan fingerprint density at radius 3 is 2.83 bits per heavy atom. The molecule has 0 aliphatic heterocycles. The minimum absolute atomic E-state index is 0.135. The van der Waals surface area contributed by atoms with Crippen molar-refractivity contribution in [2.75, 3.05) is 0 Å². The maximum absolute atomic E-state index is 11.2. The zero-order valence-electron chi connectivity index (χ0n) is 7.10. The SMILES string of the molecule is CC(C)Cc1cnc(Cl)[nH]c1=O. The molecule has 12 heavy (non-hydrogen) atoms. The van der Waals surface area contributed by atoms with Gasteiger partial charge in [0.15, 0.2) is 0 Å². The van der Waals surface area contributed by atoms with Crippen LogP contribution < -0.4 is 5.56 Å². The van der Waals surface area contributed by atoms with Gasteiger partial charge >= 0.3 is 0 Å². The van der Waals surface area contributed by atoms with E-state index < -0.39 is 0 Å². The molecule has 0 atom stereocenters. The van der Waals surface area contributed by atoms with E-state index in [1.165, 1.54) is 6.20 Å². The van der Waals surface area contributed by atoms with Crippen LogP contribution in [0.1, 0.15) is 19.4 Å². The molecule has 4 heteroatoms. The van der Waals surface area contributed by atoms with Gasteiger partial charge < -0.3 is 0 Å². The minimum atomic E-state index is -0.135. The molecular formula is C8H11ClN2O. The molecule has 0 saturated heterocycles. The third kappa shape index (κ3) is 2.34. The molecule has 0 spiro atoms. The summed E-state index contributed by atoms with van der Waals surface area (Å²) in [5.74, 6) is 0.453. The van der Waals surface area contributed by atoms with E-state index in [1.807, 2.05) is 13.8 Å². The van der Waals surface area contributed by atoms with E-state index in [4.69, 9.17) is 11.6 Å². The van der Waals surface area contributed by atoms with Crippen molar-refractivity contribution in [3.05, 3.63) is 27.4 Å². The molecule has 0 aromatic carbocycles. The number of rotatable bonds is 2. The molecule has 0 amide bonds. The maximum Gasteiger partial charge on any atom is 0.254 e. The summed E-state index contributed by atoms with van der Waals surface area (Å²) in [5.41, 5.74) is 0.554. The standard InChI is InChI=1S/C8H11ClN2O/c1-5(2)3-6-4-10-8(9)11-7(6)12/h4-5H,3H2,1-2H3,(H,10,11,12). The van der Waals surface area contributed by atoms with Gasteiger partial charge in [0, 0.05) is 11.8 Å². The van der Waals surface area contributed by atoms with Crippen LogP contribution in [0.5, 0.6) is 0 Å². The smallest absolute Gasteiger partial charge is 0.254 e. The Hall–Kier alpha value is -0.830. The molecule has 66 valence electrons. The summed E-state index contributed by atoms with van der Waals surface area (Å²) in [4.78, 5) is 17.4. The number of hydrogen-bond donors (Lipinski definition) is 1. The zero-order chi connectivity index (χ0) is 9.14. The van der Waals surface area contributed by atoms with Crippen molar-refractivity contribution in [2.45, 2.75) is 20.3 Å². The zero-order valence-corrected chi connectivity index (χ0v) is 7.85. The monoisotopic (exact) mass is 186 g/mol. The van der Waals surface area contributed by atoms with Gasteiger partial charge in [-0.05, 0) is 23.9 Å². The molecule has 0 bridgehead atoms. The molecule has 1 aromatic rings. The molecule has 1 heterocycles. The second-order valence-corrected chi connectivity index (χ2v) is 3.48. The summed E-state index contributed by atoms with van der Waals surface area (Å²) in [7, 11) is 0. The average molecular weight is 187 g/mol. The fraction of sp³-hybridized carbons (Fsp3) is 0.500. The highest BCUT2D eigenvalue weighted by Gasteiger charge is 2.03. The quantitative estimate of drug-likeness (QED) is 0.714. The Labute approximate surface area is 75.8 Å². The third-order valence-electron chi connectivity index (χ3n) is 1.47. The van der Waals surface area contributed by atoms with Gasteiger partial charge in [-0.15, -0.1) is 0 Å². The van der Waals surface area contributed by atoms with E-state index in [0.29, 0.717) is 11.5 Å². The van der Waals surface area contributed by atoms with Crippen molar-refractivity contribution < 1.29 is 0 Å². The van der Waals surface area contributed by atoms with Crippen molar-refractivity contribution in [3.63, 3.8) is 0 Å². The largest absolute Gasteiger partial charge is 0.297 e. The van der Waals surface area contributed by atoms with Gasteiger partial charge in [-0.3, -0.25) is 9.78 Å². The van der Waals surface area contributed by atoms with Crippen molar-refractivity contribution in [1.29, 1.82) is 0 Å². The predicted molar refractivity (Wildman–Crippen MR) is 48.4 cm³/mol. The van der Waals surface area contributed by atoms with Crippen molar-refractivity contribution in [3.8, 4) is 0 Å². The van der Waals surface area contributed by atoms with Gasteiger partial charge in [-0.1, -0.05) is 13.8 Å². The Morgan fingerprint density at radius 2 is 2.33 bits per heavy atom. The van der Waals surface area contributed by atoms with Crippen LogP contribution in [0, 0.1) is 5.92 Å². The molecule has 1 rings (SSSR count). The predicted octanol–water partition coefficient (Wildman–Crippen LogP) is 1.62. The van der Waals surface area contributed by atoms with Gasteiger partial charge in [0.25, 0.3) is 5.56 Å². The number of hydrogen-bond acceptors (Lipinski definition) is 2. The summed E-state index contributed by atoms with van der Waals surface area (Å²) in [5, 5.41) is 0.146. The van der Waals surface area contributed by atoms with Crippen LogP contribution in [0.3, 0.4) is 0 Å². The van der Waals surface area contributed by atoms with E-state index in [0.717, 1.165) is 6.42 Å². The molecule has 0 saturated carbocycles. The summed E-state index contributed by atoms with van der Waals surface area (Å²) < 4.78 is 0. The van der Waals surface area contributed by atoms with Crippen molar-refractivity contribution in [1.82, 2.24) is 9.97 Å². The number of nitrogens with zero attached hydrogens (tertiary/aromatic N) is 1. The second-order valence-electron chi connectivity index (χ2n) is 3.13. The lowest BCUT2D eigenvalue weighted by atomic mass is 10.1. The lowest BCUT2D eigenvalue weighted by Crippen LogP contribution is -2.15. The van der Waals surface area contributed by atoms with E-state index in [1.54, 1.807) is 0 Å². The third-order valence-corrected chi connectivity index (χ3v) is 1.66. The second kappa shape index (κ2) is 3.72. The number of halogens is 1. The minimum Gasteiger partial charge on any atom is -0.297 e. The van der Waals surface area contributed by atoms with Gasteiger partial charge in [-0.25, -0.2) is 4.98 Å². The Morgan fingerprint density at radius 1 is 1.67 bits per heavy atom. The highest BCUT2D eigenvalue weighted by atomic mass is 35.5. The fourth-order valence-corrected chi connectivity index (χ4v) is 1.12. The van der Waals surface area contributed by atoms with E-state index >= 15 is 0 Å².